The minimum absolute atomic E-state index is 0.180. The summed E-state index contributed by atoms with van der Waals surface area (Å²) in [7, 11) is 2.05. The Hall–Kier alpha value is -1.35. The number of nitrogens with zero attached hydrogens (tertiary/aromatic N) is 2. The second kappa shape index (κ2) is 3.57. The average molecular weight is 231 g/mol. The first-order valence-corrected chi connectivity index (χ1v) is 5.96. The lowest BCUT2D eigenvalue weighted by atomic mass is 9.74. The number of benzene rings is 1. The smallest absolute Gasteiger partial charge is 0.117 e. The predicted molar refractivity (Wildman–Crippen MR) is 72.0 cm³/mol. The highest BCUT2D eigenvalue weighted by Crippen LogP contribution is 2.33. The number of rotatable bonds is 2. The molecule has 0 aliphatic rings. The van der Waals surface area contributed by atoms with Gasteiger partial charge in [0.2, 0.25) is 0 Å². The molecule has 0 spiro atoms. The fourth-order valence-corrected chi connectivity index (χ4v) is 1.99. The van der Waals surface area contributed by atoms with Gasteiger partial charge in [-0.1, -0.05) is 26.0 Å². The van der Waals surface area contributed by atoms with Gasteiger partial charge in [-0.05, 0) is 26.0 Å². The lowest BCUT2D eigenvalue weighted by molar-refractivity contribution is 0.286. The first kappa shape index (κ1) is 12.1. The molecular weight excluding hydrogens is 210 g/mol. The van der Waals surface area contributed by atoms with Gasteiger partial charge in [0.05, 0.1) is 11.0 Å². The zero-order valence-electron chi connectivity index (χ0n) is 11.3. The zero-order chi connectivity index (χ0) is 12.8. The maximum atomic E-state index is 6.28. The molecule has 3 nitrogen and oxygen atoms in total. The predicted octanol–water partition coefficient (Wildman–Crippen LogP) is 2.59. The van der Waals surface area contributed by atoms with E-state index in [-0.39, 0.29) is 11.0 Å². The molecule has 0 amide bonds. The van der Waals surface area contributed by atoms with Crippen LogP contribution in [0.3, 0.4) is 0 Å². The van der Waals surface area contributed by atoms with Crippen molar-refractivity contribution in [2.75, 3.05) is 0 Å². The highest BCUT2D eigenvalue weighted by atomic mass is 15.1. The van der Waals surface area contributed by atoms with Gasteiger partial charge in [0.25, 0.3) is 0 Å². The monoisotopic (exact) mass is 231 g/mol. The Balaban J connectivity index is 2.68. The molecule has 2 rings (SSSR count). The van der Waals surface area contributed by atoms with Crippen molar-refractivity contribution in [3.05, 3.63) is 30.1 Å². The van der Waals surface area contributed by atoms with Gasteiger partial charge >= 0.3 is 0 Å². The van der Waals surface area contributed by atoms with Gasteiger partial charge in [0.1, 0.15) is 5.82 Å². The fourth-order valence-electron chi connectivity index (χ4n) is 1.99. The Morgan fingerprint density at radius 1 is 1.12 bits per heavy atom. The van der Waals surface area contributed by atoms with Crippen molar-refractivity contribution in [1.29, 1.82) is 0 Å². The van der Waals surface area contributed by atoms with Crippen LogP contribution >= 0.6 is 0 Å². The van der Waals surface area contributed by atoms with Gasteiger partial charge in [-0.2, -0.15) is 0 Å². The summed E-state index contributed by atoms with van der Waals surface area (Å²) in [5.74, 6) is 1.03. The van der Waals surface area contributed by atoms with Crippen LogP contribution in [0.4, 0.5) is 0 Å². The van der Waals surface area contributed by atoms with E-state index in [1.54, 1.807) is 0 Å². The summed E-state index contributed by atoms with van der Waals surface area (Å²) in [6.07, 6.45) is 0. The summed E-state index contributed by atoms with van der Waals surface area (Å²) in [4.78, 5) is 4.73. The van der Waals surface area contributed by atoms with Crippen LogP contribution in [0, 0.1) is 0 Å². The molecule has 0 aliphatic carbocycles. The van der Waals surface area contributed by atoms with Crippen LogP contribution in [0.25, 0.3) is 11.0 Å². The zero-order valence-corrected chi connectivity index (χ0v) is 11.3. The summed E-state index contributed by atoms with van der Waals surface area (Å²) in [5, 5.41) is 0. The molecule has 0 atom stereocenters. The number of hydrogen-bond acceptors (Lipinski definition) is 2. The number of para-hydroxylation sites is 2. The van der Waals surface area contributed by atoms with E-state index in [0.29, 0.717) is 0 Å². The first-order valence-electron chi connectivity index (χ1n) is 5.96. The summed E-state index contributed by atoms with van der Waals surface area (Å²) >= 11 is 0. The first-order chi connectivity index (χ1) is 7.75. The van der Waals surface area contributed by atoms with Gasteiger partial charge in [-0.15, -0.1) is 0 Å². The van der Waals surface area contributed by atoms with E-state index in [4.69, 9.17) is 10.7 Å². The number of imidazole rings is 1. The third kappa shape index (κ3) is 1.75. The van der Waals surface area contributed by atoms with Gasteiger partial charge in [-0.25, -0.2) is 4.98 Å². The topological polar surface area (TPSA) is 43.8 Å². The number of nitrogens with two attached hydrogens (primary N) is 1. The highest BCUT2D eigenvalue weighted by molar-refractivity contribution is 5.76. The molecule has 0 fully saturated rings. The molecule has 1 aromatic heterocycles. The average Bonchev–Trinajstić information content (AvgIpc) is 2.56. The minimum Gasteiger partial charge on any atom is -0.331 e. The molecule has 1 heterocycles. The van der Waals surface area contributed by atoms with Crippen molar-refractivity contribution in [2.24, 2.45) is 12.8 Å². The van der Waals surface area contributed by atoms with E-state index >= 15 is 0 Å². The molecule has 0 radical (unpaired) electrons. The molecule has 0 bridgehead atoms. The van der Waals surface area contributed by atoms with Crippen molar-refractivity contribution >= 4 is 11.0 Å². The molecule has 2 N–H and O–H groups in total. The van der Waals surface area contributed by atoms with Crippen molar-refractivity contribution in [3.8, 4) is 0 Å². The molecule has 92 valence electrons. The van der Waals surface area contributed by atoms with Gasteiger partial charge in [0, 0.05) is 18.0 Å². The second-order valence-corrected chi connectivity index (χ2v) is 5.83. The van der Waals surface area contributed by atoms with Crippen LogP contribution in [0.5, 0.6) is 0 Å². The SMILES string of the molecule is Cn1c(C(C)(C)C(C)(C)N)nc2ccccc21. The molecule has 17 heavy (non-hydrogen) atoms. The molecule has 0 saturated heterocycles. The number of fused-ring (bicyclic) bond motifs is 1. The fraction of sp³-hybridized carbons (Fsp3) is 0.500. The van der Waals surface area contributed by atoms with E-state index in [1.165, 1.54) is 0 Å². The van der Waals surface area contributed by atoms with Gasteiger partial charge in [0.15, 0.2) is 0 Å². The number of hydrogen-bond donors (Lipinski definition) is 1. The third-order valence-corrected chi connectivity index (χ3v) is 3.96. The summed E-state index contributed by atoms with van der Waals surface area (Å²) in [6.45, 7) is 8.39. The Bertz CT molecular complexity index is 544. The molecule has 0 aliphatic heterocycles. The molecule has 3 heteroatoms. The lowest BCUT2D eigenvalue weighted by Crippen LogP contribution is -2.51. The molecule has 2 aromatic rings. The summed E-state index contributed by atoms with van der Waals surface area (Å²) in [6, 6.07) is 8.18. The Kier molecular flexibility index (Phi) is 2.54. The van der Waals surface area contributed by atoms with Crippen LogP contribution in [0.1, 0.15) is 33.5 Å². The van der Waals surface area contributed by atoms with E-state index in [1.807, 2.05) is 32.0 Å². The van der Waals surface area contributed by atoms with E-state index in [2.05, 4.69) is 31.5 Å². The number of aromatic nitrogens is 2. The van der Waals surface area contributed by atoms with Crippen molar-refractivity contribution in [3.63, 3.8) is 0 Å². The molecule has 0 saturated carbocycles. The highest BCUT2D eigenvalue weighted by Gasteiger charge is 2.38. The lowest BCUT2D eigenvalue weighted by Gasteiger charge is -2.37. The Morgan fingerprint density at radius 3 is 2.24 bits per heavy atom. The maximum absolute atomic E-state index is 6.28. The quantitative estimate of drug-likeness (QED) is 0.863. The normalized spacial score (nSPS) is 13.3. The van der Waals surface area contributed by atoms with Crippen LogP contribution in [0.2, 0.25) is 0 Å². The Labute approximate surface area is 103 Å². The van der Waals surface area contributed by atoms with Gasteiger partial charge < -0.3 is 10.3 Å². The van der Waals surface area contributed by atoms with Gasteiger partial charge in [-0.3, -0.25) is 0 Å². The number of aryl methyl sites for hydroxylation is 1. The van der Waals surface area contributed by atoms with E-state index in [9.17, 15) is 0 Å². The standard InChI is InChI=1S/C14H21N3/c1-13(2,14(3,4)15)12-16-10-8-6-7-9-11(10)17(12)5/h6-9H,15H2,1-5H3. The van der Waals surface area contributed by atoms with Crippen LogP contribution < -0.4 is 5.73 Å². The molecule has 0 unspecified atom stereocenters. The van der Waals surface area contributed by atoms with Crippen molar-refractivity contribution in [2.45, 2.75) is 38.6 Å². The summed E-state index contributed by atoms with van der Waals surface area (Å²) in [5.41, 5.74) is 7.97. The van der Waals surface area contributed by atoms with Crippen LogP contribution in [-0.2, 0) is 12.5 Å². The summed E-state index contributed by atoms with van der Waals surface area (Å²) < 4.78 is 2.14. The van der Waals surface area contributed by atoms with E-state index in [0.717, 1.165) is 16.9 Å². The molecule has 1 aromatic carbocycles. The van der Waals surface area contributed by atoms with Crippen molar-refractivity contribution < 1.29 is 0 Å². The van der Waals surface area contributed by atoms with E-state index < -0.39 is 0 Å². The third-order valence-electron chi connectivity index (χ3n) is 3.96. The maximum Gasteiger partial charge on any atom is 0.117 e. The second-order valence-electron chi connectivity index (χ2n) is 5.83. The molecular formula is C14H21N3. The van der Waals surface area contributed by atoms with Crippen molar-refractivity contribution in [1.82, 2.24) is 9.55 Å². The minimum atomic E-state index is -0.317. The van der Waals surface area contributed by atoms with Crippen LogP contribution in [-0.4, -0.2) is 15.1 Å². The Morgan fingerprint density at radius 2 is 1.71 bits per heavy atom. The largest absolute Gasteiger partial charge is 0.331 e. The van der Waals surface area contributed by atoms with Crippen LogP contribution in [0.15, 0.2) is 24.3 Å².